The first kappa shape index (κ1) is 26.4. The molecule has 0 radical (unpaired) electrons. The van der Waals surface area contributed by atoms with E-state index in [4.69, 9.17) is 4.74 Å². The Bertz CT molecular complexity index is 1200. The Kier molecular flexibility index (Phi) is 9.27. The van der Waals surface area contributed by atoms with Crippen molar-refractivity contribution in [1.82, 2.24) is 4.90 Å². The molecule has 4 rings (SSSR count). The maximum Gasteiger partial charge on any atom is 0.335 e. The van der Waals surface area contributed by atoms with Crippen molar-refractivity contribution < 1.29 is 23.8 Å². The van der Waals surface area contributed by atoms with Crippen LogP contribution in [0.2, 0.25) is 0 Å². The molecule has 6 nitrogen and oxygen atoms in total. The van der Waals surface area contributed by atoms with Gasteiger partial charge in [-0.3, -0.25) is 9.69 Å². The molecule has 0 atom stereocenters. The third-order valence-electron chi connectivity index (χ3n) is 6.57. The molecule has 3 aromatic carbocycles. The lowest BCUT2D eigenvalue weighted by Crippen LogP contribution is -2.37. The van der Waals surface area contributed by atoms with E-state index >= 15 is 0 Å². The van der Waals surface area contributed by atoms with Crippen LogP contribution in [0.1, 0.15) is 53.6 Å². The molecular weight excluding hydrogens is 471 g/mol. The zero-order valence-corrected chi connectivity index (χ0v) is 20.9. The molecule has 0 fully saturated rings. The zero-order valence-electron chi connectivity index (χ0n) is 20.9. The molecule has 1 aliphatic heterocycles. The second-order valence-electron chi connectivity index (χ2n) is 9.40. The summed E-state index contributed by atoms with van der Waals surface area (Å²) in [5.41, 5.74) is 2.47. The molecule has 0 saturated carbocycles. The molecule has 7 heteroatoms. The summed E-state index contributed by atoms with van der Waals surface area (Å²) in [4.78, 5) is 29.1. The number of carbonyl (C=O) groups is 2. The van der Waals surface area contributed by atoms with Gasteiger partial charge in [0.25, 0.3) is 5.91 Å². The van der Waals surface area contributed by atoms with Gasteiger partial charge >= 0.3 is 5.97 Å². The summed E-state index contributed by atoms with van der Waals surface area (Å²) in [6.07, 6.45) is 4.98. The van der Waals surface area contributed by atoms with Crippen LogP contribution in [0, 0.1) is 5.82 Å². The number of amides is 1. The first-order valence-corrected chi connectivity index (χ1v) is 12.8. The molecule has 37 heavy (non-hydrogen) atoms. The molecule has 0 bridgehead atoms. The van der Waals surface area contributed by atoms with Crippen molar-refractivity contribution in [3.8, 4) is 5.75 Å². The van der Waals surface area contributed by atoms with Crippen molar-refractivity contribution >= 4 is 17.6 Å². The van der Waals surface area contributed by atoms with Crippen molar-refractivity contribution in [1.29, 1.82) is 0 Å². The van der Waals surface area contributed by atoms with E-state index in [1.54, 1.807) is 41.3 Å². The minimum absolute atomic E-state index is 0.114. The number of nitrogens with zero attached hydrogens (tertiary/aromatic N) is 2. The van der Waals surface area contributed by atoms with E-state index in [0.29, 0.717) is 31.1 Å². The van der Waals surface area contributed by atoms with Gasteiger partial charge in [0.1, 0.15) is 11.6 Å². The number of ether oxygens (including phenoxy) is 1. The van der Waals surface area contributed by atoms with Crippen molar-refractivity contribution in [2.75, 3.05) is 24.6 Å². The van der Waals surface area contributed by atoms with E-state index in [2.05, 4.69) is 4.90 Å². The van der Waals surface area contributed by atoms with Gasteiger partial charge in [-0.1, -0.05) is 49.6 Å². The molecule has 194 valence electrons. The van der Waals surface area contributed by atoms with Crippen molar-refractivity contribution in [3.63, 3.8) is 0 Å². The van der Waals surface area contributed by atoms with Crippen LogP contribution in [-0.4, -0.2) is 41.6 Å². The van der Waals surface area contributed by atoms with E-state index in [1.807, 2.05) is 24.3 Å². The van der Waals surface area contributed by atoms with Gasteiger partial charge < -0.3 is 14.7 Å². The number of carboxylic acids is 1. The highest BCUT2D eigenvalue weighted by molar-refractivity contribution is 5.96. The smallest absolute Gasteiger partial charge is 0.335 e. The molecule has 1 amide bonds. The lowest BCUT2D eigenvalue weighted by atomic mass is 10.0. The second kappa shape index (κ2) is 13.0. The fourth-order valence-electron chi connectivity index (χ4n) is 4.71. The normalized spacial score (nSPS) is 15.2. The van der Waals surface area contributed by atoms with Gasteiger partial charge in [-0.05, 0) is 73.0 Å². The lowest BCUT2D eigenvalue weighted by molar-refractivity contribution is -0.120. The summed E-state index contributed by atoms with van der Waals surface area (Å²) >= 11 is 0. The van der Waals surface area contributed by atoms with Crippen LogP contribution in [0.5, 0.6) is 5.75 Å². The Labute approximate surface area is 217 Å². The standard InChI is InChI=1S/C30H33FN2O4/c31-26-11-9-10-23(18-26)20-32-16-7-2-1-3-8-17-33(29(34)22-37-27-12-5-4-6-13-27)28-15-14-24(30(35)36)19-25(28)21-32/h4-6,9-15,18-19H,1-3,7-8,16-17,20-22H2,(H,35,36). The Morgan fingerprint density at radius 1 is 0.865 bits per heavy atom. The summed E-state index contributed by atoms with van der Waals surface area (Å²) in [6, 6.07) is 20.7. The van der Waals surface area contributed by atoms with Crippen LogP contribution in [0.3, 0.4) is 0 Å². The average Bonchev–Trinajstić information content (AvgIpc) is 2.89. The van der Waals surface area contributed by atoms with Gasteiger partial charge in [-0.15, -0.1) is 0 Å². The highest BCUT2D eigenvalue weighted by atomic mass is 19.1. The minimum Gasteiger partial charge on any atom is -0.484 e. The number of para-hydroxylation sites is 1. The first-order chi connectivity index (χ1) is 18.0. The number of carboxylic acid groups (broad SMARTS) is 1. The van der Waals surface area contributed by atoms with E-state index < -0.39 is 5.97 Å². The quantitative estimate of drug-likeness (QED) is 0.453. The molecule has 0 saturated heterocycles. The summed E-state index contributed by atoms with van der Waals surface area (Å²) in [6.45, 7) is 2.17. The molecule has 1 aliphatic rings. The van der Waals surface area contributed by atoms with Crippen LogP contribution in [0.15, 0.2) is 72.8 Å². The Morgan fingerprint density at radius 2 is 1.62 bits per heavy atom. The first-order valence-electron chi connectivity index (χ1n) is 12.8. The number of carbonyl (C=O) groups excluding carboxylic acids is 1. The van der Waals surface area contributed by atoms with Gasteiger partial charge in [0.2, 0.25) is 0 Å². The van der Waals surface area contributed by atoms with Gasteiger partial charge in [-0.25, -0.2) is 9.18 Å². The van der Waals surface area contributed by atoms with Crippen LogP contribution in [-0.2, 0) is 17.9 Å². The van der Waals surface area contributed by atoms with Gasteiger partial charge in [0, 0.05) is 25.3 Å². The van der Waals surface area contributed by atoms with Gasteiger partial charge in [0.15, 0.2) is 6.61 Å². The molecule has 1 N–H and O–H groups in total. The summed E-state index contributed by atoms with van der Waals surface area (Å²) in [5, 5.41) is 9.66. The van der Waals surface area contributed by atoms with Crippen LogP contribution in [0.25, 0.3) is 0 Å². The summed E-state index contributed by atoms with van der Waals surface area (Å²) in [7, 11) is 0. The Hall–Kier alpha value is -3.71. The van der Waals surface area contributed by atoms with Crippen molar-refractivity contribution in [3.05, 3.63) is 95.3 Å². The second-order valence-corrected chi connectivity index (χ2v) is 9.40. The predicted molar refractivity (Wildman–Crippen MR) is 141 cm³/mol. The number of hydrogen-bond acceptors (Lipinski definition) is 4. The highest BCUT2D eigenvalue weighted by Gasteiger charge is 2.22. The number of benzene rings is 3. The number of aromatic carboxylic acids is 1. The SMILES string of the molecule is O=C(O)c1ccc2c(c1)CN(Cc1cccc(F)c1)CCCCCCCN2C(=O)COc1ccccc1. The lowest BCUT2D eigenvalue weighted by Gasteiger charge is -2.29. The molecule has 0 unspecified atom stereocenters. The number of fused-ring (bicyclic) bond motifs is 1. The summed E-state index contributed by atoms with van der Waals surface area (Å²) in [5.74, 6) is -0.860. The van der Waals surface area contributed by atoms with Crippen LogP contribution < -0.4 is 9.64 Å². The number of hydrogen-bond donors (Lipinski definition) is 1. The maximum atomic E-state index is 13.9. The molecule has 0 aromatic heterocycles. The van der Waals surface area contributed by atoms with E-state index in [1.165, 1.54) is 12.1 Å². The predicted octanol–water partition coefficient (Wildman–Crippen LogP) is 5.90. The summed E-state index contributed by atoms with van der Waals surface area (Å²) < 4.78 is 19.6. The largest absolute Gasteiger partial charge is 0.484 e. The number of rotatable bonds is 6. The monoisotopic (exact) mass is 504 g/mol. The Morgan fingerprint density at radius 3 is 2.38 bits per heavy atom. The van der Waals surface area contributed by atoms with E-state index in [0.717, 1.165) is 49.8 Å². The highest BCUT2D eigenvalue weighted by Crippen LogP contribution is 2.27. The molecule has 0 aliphatic carbocycles. The van der Waals surface area contributed by atoms with Gasteiger partial charge in [0.05, 0.1) is 5.56 Å². The number of anilines is 1. The molecule has 3 aromatic rings. The third-order valence-corrected chi connectivity index (χ3v) is 6.57. The fourth-order valence-corrected chi connectivity index (χ4v) is 4.71. The Balaban J connectivity index is 1.64. The third kappa shape index (κ3) is 7.64. The molecular formula is C30H33FN2O4. The van der Waals surface area contributed by atoms with Crippen LogP contribution >= 0.6 is 0 Å². The number of halogens is 1. The maximum absolute atomic E-state index is 13.9. The molecule has 1 heterocycles. The minimum atomic E-state index is -1.02. The molecule has 0 spiro atoms. The zero-order chi connectivity index (χ0) is 26.0. The average molecular weight is 505 g/mol. The van der Waals surface area contributed by atoms with Crippen LogP contribution in [0.4, 0.5) is 10.1 Å². The topological polar surface area (TPSA) is 70.1 Å². The van der Waals surface area contributed by atoms with Gasteiger partial charge in [-0.2, -0.15) is 0 Å². The van der Waals surface area contributed by atoms with E-state index in [9.17, 15) is 19.1 Å². The van der Waals surface area contributed by atoms with Crippen molar-refractivity contribution in [2.45, 2.75) is 45.2 Å². The fraction of sp³-hybridized carbons (Fsp3) is 0.333. The van der Waals surface area contributed by atoms with E-state index in [-0.39, 0.29) is 23.9 Å². The van der Waals surface area contributed by atoms with Crippen molar-refractivity contribution in [2.24, 2.45) is 0 Å².